The number of hydrogen-bond donors (Lipinski definition) is 1. The van der Waals surface area contributed by atoms with Gasteiger partial charge in [-0.25, -0.2) is 8.42 Å². The van der Waals surface area contributed by atoms with Gasteiger partial charge in [-0.15, -0.1) is 0 Å². The van der Waals surface area contributed by atoms with Crippen LogP contribution in [0, 0.1) is 5.41 Å². The van der Waals surface area contributed by atoms with Crippen LogP contribution in [0.3, 0.4) is 0 Å². The molecule has 0 aliphatic carbocycles. The van der Waals surface area contributed by atoms with E-state index >= 15 is 0 Å². The quantitative estimate of drug-likeness (QED) is 0.928. The van der Waals surface area contributed by atoms with Crippen molar-refractivity contribution in [1.82, 2.24) is 4.31 Å². The lowest BCUT2D eigenvalue weighted by atomic mass is 9.79. The van der Waals surface area contributed by atoms with E-state index in [1.54, 1.807) is 18.2 Å². The number of sulfonamides is 1. The number of halogens is 1. The zero-order valence-electron chi connectivity index (χ0n) is 11.5. The van der Waals surface area contributed by atoms with Crippen molar-refractivity contribution < 1.29 is 13.5 Å². The van der Waals surface area contributed by atoms with Gasteiger partial charge in [0.05, 0.1) is 5.02 Å². The molecule has 0 spiro atoms. The first-order valence-corrected chi connectivity index (χ1v) is 8.62. The van der Waals surface area contributed by atoms with Gasteiger partial charge in [0, 0.05) is 25.1 Å². The Kier molecular flexibility index (Phi) is 4.74. The summed E-state index contributed by atoms with van der Waals surface area (Å²) < 4.78 is 26.8. The molecule has 1 N–H and O–H groups in total. The van der Waals surface area contributed by atoms with Crippen LogP contribution in [0.1, 0.15) is 26.2 Å². The predicted molar refractivity (Wildman–Crippen MR) is 79.3 cm³/mol. The number of piperidine rings is 1. The Bertz CT molecular complexity index is 570. The third kappa shape index (κ3) is 2.86. The lowest BCUT2D eigenvalue weighted by Crippen LogP contribution is -2.47. The van der Waals surface area contributed by atoms with E-state index in [1.165, 1.54) is 10.4 Å². The van der Waals surface area contributed by atoms with Crippen LogP contribution >= 0.6 is 11.6 Å². The number of hydrogen-bond acceptors (Lipinski definition) is 3. The van der Waals surface area contributed by atoms with Gasteiger partial charge in [0.25, 0.3) is 0 Å². The maximum Gasteiger partial charge on any atom is 0.244 e. The topological polar surface area (TPSA) is 57.6 Å². The van der Waals surface area contributed by atoms with E-state index in [0.29, 0.717) is 13.1 Å². The lowest BCUT2D eigenvalue weighted by Gasteiger charge is -2.40. The van der Waals surface area contributed by atoms with Crippen molar-refractivity contribution in [1.29, 1.82) is 0 Å². The van der Waals surface area contributed by atoms with Crippen molar-refractivity contribution in [3.05, 3.63) is 29.3 Å². The highest BCUT2D eigenvalue weighted by Crippen LogP contribution is 2.36. The molecule has 0 unspecified atom stereocenters. The molecule has 1 aromatic rings. The smallest absolute Gasteiger partial charge is 0.244 e. The number of rotatable bonds is 4. The normalized spacial score (nSPS) is 24.8. The third-order valence-corrected chi connectivity index (χ3v) is 6.51. The van der Waals surface area contributed by atoms with E-state index in [0.717, 1.165) is 19.3 Å². The van der Waals surface area contributed by atoms with Crippen LogP contribution in [0.25, 0.3) is 0 Å². The second kappa shape index (κ2) is 6.02. The molecule has 4 nitrogen and oxygen atoms in total. The van der Waals surface area contributed by atoms with Gasteiger partial charge >= 0.3 is 0 Å². The highest BCUT2D eigenvalue weighted by Gasteiger charge is 2.39. The SMILES string of the molecule is CC[C@@]1(CO)CCCN(S(=O)(=O)c2ccccc2Cl)C1. The maximum atomic E-state index is 12.7. The first-order chi connectivity index (χ1) is 9.45. The molecule has 0 amide bonds. The molecular formula is C14H20ClNO3S. The molecule has 0 saturated carbocycles. The molecular weight excluding hydrogens is 298 g/mol. The predicted octanol–water partition coefficient (Wildman–Crippen LogP) is 2.51. The number of benzene rings is 1. The zero-order valence-corrected chi connectivity index (χ0v) is 13.1. The highest BCUT2D eigenvalue weighted by atomic mass is 35.5. The summed E-state index contributed by atoms with van der Waals surface area (Å²) in [5.41, 5.74) is -0.327. The molecule has 1 atom stereocenters. The minimum absolute atomic E-state index is 0.0119. The van der Waals surface area contributed by atoms with Crippen molar-refractivity contribution in [2.24, 2.45) is 5.41 Å². The van der Waals surface area contributed by atoms with Crippen LogP contribution < -0.4 is 0 Å². The van der Waals surface area contributed by atoms with Gasteiger partial charge < -0.3 is 5.11 Å². The van der Waals surface area contributed by atoms with Gasteiger partial charge in [-0.2, -0.15) is 4.31 Å². The van der Waals surface area contributed by atoms with E-state index in [1.807, 2.05) is 6.92 Å². The summed E-state index contributed by atoms with van der Waals surface area (Å²) in [7, 11) is -3.59. The summed E-state index contributed by atoms with van der Waals surface area (Å²) >= 11 is 6.01. The molecule has 1 aliphatic heterocycles. The van der Waals surface area contributed by atoms with Crippen LogP contribution in [-0.2, 0) is 10.0 Å². The van der Waals surface area contributed by atoms with Crippen molar-refractivity contribution in [3.63, 3.8) is 0 Å². The third-order valence-electron chi connectivity index (χ3n) is 4.17. The molecule has 0 bridgehead atoms. The van der Waals surface area contributed by atoms with Crippen LogP contribution in [0.5, 0.6) is 0 Å². The Hall–Kier alpha value is -0.620. The minimum atomic E-state index is -3.59. The molecule has 1 aliphatic rings. The molecule has 1 saturated heterocycles. The Morgan fingerprint density at radius 2 is 2.10 bits per heavy atom. The largest absolute Gasteiger partial charge is 0.396 e. The van der Waals surface area contributed by atoms with E-state index in [2.05, 4.69) is 0 Å². The average molecular weight is 318 g/mol. The lowest BCUT2D eigenvalue weighted by molar-refractivity contribution is 0.0609. The monoisotopic (exact) mass is 317 g/mol. The fraction of sp³-hybridized carbons (Fsp3) is 0.571. The molecule has 0 radical (unpaired) electrons. The standard InChI is InChI=1S/C14H20ClNO3S/c1-2-14(11-17)8-5-9-16(10-14)20(18,19)13-7-4-3-6-12(13)15/h3-4,6-7,17H,2,5,8-11H2,1H3/t14-/m1/s1. The van der Waals surface area contributed by atoms with Gasteiger partial charge in [0.15, 0.2) is 0 Å². The Morgan fingerprint density at radius 3 is 2.70 bits per heavy atom. The van der Waals surface area contributed by atoms with E-state index < -0.39 is 10.0 Å². The fourth-order valence-corrected chi connectivity index (χ4v) is 4.77. The molecule has 0 aromatic heterocycles. The van der Waals surface area contributed by atoms with Gasteiger partial charge in [-0.05, 0) is 31.4 Å². The first kappa shape index (κ1) is 15.8. The van der Waals surface area contributed by atoms with E-state index in [9.17, 15) is 13.5 Å². The molecule has 2 rings (SSSR count). The van der Waals surface area contributed by atoms with Crippen LogP contribution in [0.15, 0.2) is 29.2 Å². The molecule has 1 heterocycles. The second-order valence-corrected chi connectivity index (χ2v) is 7.70. The van der Waals surface area contributed by atoms with Crippen molar-refractivity contribution in [3.8, 4) is 0 Å². The van der Waals surface area contributed by atoms with Gasteiger partial charge in [0.2, 0.25) is 10.0 Å². The van der Waals surface area contributed by atoms with Crippen molar-refractivity contribution >= 4 is 21.6 Å². The average Bonchev–Trinajstić information content (AvgIpc) is 2.47. The highest BCUT2D eigenvalue weighted by molar-refractivity contribution is 7.89. The van der Waals surface area contributed by atoms with Gasteiger partial charge in [-0.3, -0.25) is 0 Å². The van der Waals surface area contributed by atoms with Crippen LogP contribution in [0.4, 0.5) is 0 Å². The molecule has 112 valence electrons. The summed E-state index contributed by atoms with van der Waals surface area (Å²) in [6.45, 7) is 2.84. The Balaban J connectivity index is 2.33. The van der Waals surface area contributed by atoms with E-state index in [4.69, 9.17) is 11.6 Å². The molecule has 1 aromatic carbocycles. The molecule has 1 fully saturated rings. The minimum Gasteiger partial charge on any atom is -0.396 e. The number of aliphatic hydroxyl groups is 1. The van der Waals surface area contributed by atoms with E-state index in [-0.39, 0.29) is 21.9 Å². The summed E-state index contributed by atoms with van der Waals surface area (Å²) in [4.78, 5) is 0.145. The Labute approximate surface area is 125 Å². The van der Waals surface area contributed by atoms with Gasteiger partial charge in [-0.1, -0.05) is 30.7 Å². The van der Waals surface area contributed by atoms with Crippen LogP contribution in [0.2, 0.25) is 5.02 Å². The summed E-state index contributed by atoms with van der Waals surface area (Å²) in [6, 6.07) is 6.49. The van der Waals surface area contributed by atoms with Crippen molar-refractivity contribution in [2.75, 3.05) is 19.7 Å². The van der Waals surface area contributed by atoms with Crippen molar-refractivity contribution in [2.45, 2.75) is 31.1 Å². The first-order valence-electron chi connectivity index (χ1n) is 6.81. The number of aliphatic hydroxyl groups excluding tert-OH is 1. The van der Waals surface area contributed by atoms with Crippen LogP contribution in [-0.4, -0.2) is 37.5 Å². The molecule has 6 heteroatoms. The van der Waals surface area contributed by atoms with Gasteiger partial charge in [0.1, 0.15) is 4.90 Å². The summed E-state index contributed by atoms with van der Waals surface area (Å²) in [5, 5.41) is 9.84. The number of nitrogens with zero attached hydrogens (tertiary/aromatic N) is 1. The second-order valence-electron chi connectivity index (χ2n) is 5.38. The summed E-state index contributed by atoms with van der Waals surface area (Å²) in [6.07, 6.45) is 2.38. The fourth-order valence-electron chi connectivity index (χ4n) is 2.69. The zero-order chi connectivity index (χ0) is 14.8. The Morgan fingerprint density at radius 1 is 1.40 bits per heavy atom. The maximum absolute atomic E-state index is 12.7. The molecule has 20 heavy (non-hydrogen) atoms. The summed E-state index contributed by atoms with van der Waals surface area (Å²) in [5.74, 6) is 0.